The van der Waals surface area contributed by atoms with E-state index in [1.54, 1.807) is 6.20 Å². The number of carbonyl (C=O) groups is 2. The normalized spacial score (nSPS) is 14.1. The second-order valence-electron chi connectivity index (χ2n) is 8.69. The molecule has 3 aromatic rings. The Labute approximate surface area is 209 Å². The van der Waals surface area contributed by atoms with E-state index in [0.29, 0.717) is 12.2 Å². The topological polar surface area (TPSA) is 96.7 Å². The summed E-state index contributed by atoms with van der Waals surface area (Å²) in [6.45, 7) is 7.03. The maximum atomic E-state index is 13.8. The summed E-state index contributed by atoms with van der Waals surface area (Å²) in [4.78, 5) is 49.4. The van der Waals surface area contributed by atoms with Gasteiger partial charge in [-0.15, -0.1) is 0 Å². The minimum atomic E-state index is -0.794. The van der Waals surface area contributed by atoms with Crippen LogP contribution in [0.5, 0.6) is 5.75 Å². The number of hydrogen-bond acceptors (Lipinski definition) is 8. The lowest BCUT2D eigenvalue weighted by Gasteiger charge is -2.34. The number of benzene rings is 1. The number of aromatic nitrogens is 2. The van der Waals surface area contributed by atoms with Gasteiger partial charge in [-0.2, -0.15) is 0 Å². The number of anilines is 2. The van der Waals surface area contributed by atoms with Crippen LogP contribution >= 0.6 is 0 Å². The van der Waals surface area contributed by atoms with Crippen molar-refractivity contribution in [3.8, 4) is 5.75 Å². The van der Waals surface area contributed by atoms with Crippen LogP contribution in [0.15, 0.2) is 47.4 Å². The van der Waals surface area contributed by atoms with Crippen molar-refractivity contribution in [3.05, 3.63) is 64.2 Å². The molecule has 0 bridgehead atoms. The van der Waals surface area contributed by atoms with Crippen LogP contribution in [0.3, 0.4) is 0 Å². The lowest BCUT2D eigenvalue weighted by atomic mass is 10.2. The Morgan fingerprint density at radius 2 is 1.81 bits per heavy atom. The molecule has 1 aliphatic rings. The highest BCUT2D eigenvalue weighted by Crippen LogP contribution is 2.29. The maximum absolute atomic E-state index is 13.8. The average Bonchev–Trinajstić information content (AvgIpc) is 2.89. The van der Waals surface area contributed by atoms with Crippen LogP contribution in [-0.4, -0.2) is 73.0 Å². The minimum absolute atomic E-state index is 0.0767. The second-order valence-corrected chi connectivity index (χ2v) is 8.69. The summed E-state index contributed by atoms with van der Waals surface area (Å²) in [5.41, 5.74) is 1.47. The molecule has 1 amide bonds. The van der Waals surface area contributed by atoms with E-state index >= 15 is 0 Å². The average molecular weight is 494 g/mol. The van der Waals surface area contributed by atoms with Gasteiger partial charge in [0.2, 0.25) is 11.7 Å². The highest BCUT2D eigenvalue weighted by atomic mass is 16.5. The van der Waals surface area contributed by atoms with Gasteiger partial charge in [0.05, 0.1) is 18.5 Å². The number of pyridine rings is 1. The summed E-state index contributed by atoms with van der Waals surface area (Å²) in [7, 11) is 3.29. The summed E-state index contributed by atoms with van der Waals surface area (Å²) < 4.78 is 12.1. The molecule has 10 nitrogen and oxygen atoms in total. The van der Waals surface area contributed by atoms with Gasteiger partial charge in [0.25, 0.3) is 0 Å². The number of likely N-dealkylation sites (N-methyl/N-ethyl adjacent to an activating group) is 1. The van der Waals surface area contributed by atoms with Crippen molar-refractivity contribution in [2.24, 2.45) is 0 Å². The number of piperazine rings is 1. The van der Waals surface area contributed by atoms with E-state index < -0.39 is 11.5 Å². The molecule has 36 heavy (non-hydrogen) atoms. The van der Waals surface area contributed by atoms with Gasteiger partial charge in [-0.1, -0.05) is 30.3 Å². The molecule has 0 N–H and O–H groups in total. The molecule has 1 fully saturated rings. The Morgan fingerprint density at radius 1 is 1.11 bits per heavy atom. The number of fused-ring (bicyclic) bond motifs is 1. The summed E-state index contributed by atoms with van der Waals surface area (Å²) in [6.07, 6.45) is 1.70. The predicted octanol–water partition coefficient (Wildman–Crippen LogP) is 2.18. The quantitative estimate of drug-likeness (QED) is 0.462. The fraction of sp³-hybridized carbons (Fsp3) is 0.385. The number of methoxy groups -OCH3 is 1. The Balaban J connectivity index is 1.92. The molecule has 0 atom stereocenters. The molecule has 1 aromatic carbocycles. The van der Waals surface area contributed by atoms with Gasteiger partial charge < -0.3 is 24.2 Å². The van der Waals surface area contributed by atoms with Gasteiger partial charge in [0.15, 0.2) is 11.3 Å². The summed E-state index contributed by atoms with van der Waals surface area (Å²) in [5, 5.41) is 0. The molecule has 2 aromatic heterocycles. The predicted molar refractivity (Wildman–Crippen MR) is 137 cm³/mol. The largest absolute Gasteiger partial charge is 0.481 e. The van der Waals surface area contributed by atoms with Crippen LogP contribution in [0.2, 0.25) is 0 Å². The molecule has 0 saturated carbocycles. The van der Waals surface area contributed by atoms with Gasteiger partial charge in [-0.05, 0) is 25.6 Å². The molecule has 1 saturated heterocycles. The van der Waals surface area contributed by atoms with E-state index in [9.17, 15) is 14.4 Å². The SMILES string of the molecule is CCN(C(C)=O)c1cc(N2CCN(C)CC2)cn2c(=O)c(OCc3ccccc3)c(C(=O)OC)nc12. The summed E-state index contributed by atoms with van der Waals surface area (Å²) in [5.74, 6) is -1.19. The molecule has 0 spiro atoms. The molecule has 4 rings (SSSR count). The van der Waals surface area contributed by atoms with Crippen molar-refractivity contribution in [3.63, 3.8) is 0 Å². The van der Waals surface area contributed by atoms with Crippen molar-refractivity contribution in [1.29, 1.82) is 0 Å². The molecule has 1 aliphatic heterocycles. The van der Waals surface area contributed by atoms with E-state index in [4.69, 9.17) is 9.47 Å². The van der Waals surface area contributed by atoms with Crippen LogP contribution in [0.1, 0.15) is 29.9 Å². The van der Waals surface area contributed by atoms with Crippen LogP contribution in [-0.2, 0) is 16.1 Å². The van der Waals surface area contributed by atoms with Crippen LogP contribution in [0.25, 0.3) is 5.65 Å². The lowest BCUT2D eigenvalue weighted by molar-refractivity contribution is -0.116. The highest BCUT2D eigenvalue weighted by molar-refractivity contribution is 5.97. The maximum Gasteiger partial charge on any atom is 0.360 e. The minimum Gasteiger partial charge on any atom is -0.481 e. The Bertz CT molecular complexity index is 1320. The third-order valence-electron chi connectivity index (χ3n) is 6.31. The molecular formula is C26H31N5O5. The van der Waals surface area contributed by atoms with Crippen molar-refractivity contribution in [2.75, 3.05) is 56.7 Å². The van der Waals surface area contributed by atoms with E-state index in [2.05, 4.69) is 21.8 Å². The summed E-state index contributed by atoms with van der Waals surface area (Å²) in [6, 6.07) is 11.2. The van der Waals surface area contributed by atoms with E-state index in [1.807, 2.05) is 43.3 Å². The van der Waals surface area contributed by atoms with E-state index in [0.717, 1.165) is 37.4 Å². The number of amides is 1. The number of carbonyl (C=O) groups excluding carboxylic acids is 2. The molecular weight excluding hydrogens is 462 g/mol. The van der Waals surface area contributed by atoms with Crippen molar-refractivity contribution in [2.45, 2.75) is 20.5 Å². The fourth-order valence-corrected chi connectivity index (χ4v) is 4.29. The molecule has 3 heterocycles. The zero-order valence-electron chi connectivity index (χ0n) is 21.1. The Morgan fingerprint density at radius 3 is 2.42 bits per heavy atom. The first-order valence-electron chi connectivity index (χ1n) is 11.9. The van der Waals surface area contributed by atoms with Gasteiger partial charge in [0.1, 0.15) is 6.61 Å². The zero-order valence-corrected chi connectivity index (χ0v) is 21.1. The van der Waals surface area contributed by atoms with E-state index in [1.165, 1.54) is 23.3 Å². The zero-order chi connectivity index (χ0) is 25.8. The standard InChI is InChI=1S/C26H31N5O5/c1-5-30(18(2)32)21-15-20(29-13-11-28(3)12-14-29)16-31-24(21)27-22(26(34)35-4)23(25(31)33)36-17-19-9-7-6-8-10-19/h6-10,15-16H,5,11-14,17H2,1-4H3. The van der Waals surface area contributed by atoms with Gasteiger partial charge in [-0.3, -0.25) is 14.0 Å². The second kappa shape index (κ2) is 10.8. The highest BCUT2D eigenvalue weighted by Gasteiger charge is 2.26. The van der Waals surface area contributed by atoms with Crippen molar-refractivity contribution >= 4 is 28.9 Å². The fourth-order valence-electron chi connectivity index (χ4n) is 4.29. The Hall–Kier alpha value is -3.92. The number of hydrogen-bond donors (Lipinski definition) is 0. The number of esters is 1. The third kappa shape index (κ3) is 5.03. The molecule has 0 aliphatic carbocycles. The molecule has 0 unspecified atom stereocenters. The smallest absolute Gasteiger partial charge is 0.360 e. The lowest BCUT2D eigenvalue weighted by Crippen LogP contribution is -2.44. The van der Waals surface area contributed by atoms with Crippen LogP contribution in [0, 0.1) is 0 Å². The third-order valence-corrected chi connectivity index (χ3v) is 6.31. The monoisotopic (exact) mass is 493 g/mol. The first-order valence-corrected chi connectivity index (χ1v) is 11.9. The molecule has 10 heteroatoms. The molecule has 190 valence electrons. The molecule has 0 radical (unpaired) electrons. The number of rotatable bonds is 7. The first-order chi connectivity index (χ1) is 17.3. The van der Waals surface area contributed by atoms with Crippen molar-refractivity contribution in [1.82, 2.24) is 14.3 Å². The van der Waals surface area contributed by atoms with Crippen LogP contribution < -0.4 is 20.1 Å². The Kier molecular flexibility index (Phi) is 7.54. The van der Waals surface area contributed by atoms with Crippen LogP contribution in [0.4, 0.5) is 11.4 Å². The van der Waals surface area contributed by atoms with Crippen molar-refractivity contribution < 1.29 is 19.1 Å². The first kappa shape index (κ1) is 25.2. The number of ether oxygens (including phenoxy) is 2. The summed E-state index contributed by atoms with van der Waals surface area (Å²) >= 11 is 0. The van der Waals surface area contributed by atoms with E-state index in [-0.39, 0.29) is 29.6 Å². The van der Waals surface area contributed by atoms with Gasteiger partial charge >= 0.3 is 11.5 Å². The van der Waals surface area contributed by atoms with Gasteiger partial charge in [-0.25, -0.2) is 9.78 Å². The van der Waals surface area contributed by atoms with Gasteiger partial charge in [0, 0.05) is 45.8 Å². The number of nitrogens with zero attached hydrogens (tertiary/aromatic N) is 5.